The Morgan fingerprint density at radius 3 is 2.43 bits per heavy atom. The molecule has 0 fully saturated rings. The zero-order valence-corrected chi connectivity index (χ0v) is 15.8. The van der Waals surface area contributed by atoms with E-state index in [-0.39, 0.29) is 0 Å². The molecule has 2 atom stereocenters. The van der Waals surface area contributed by atoms with Crippen LogP contribution in [0.2, 0.25) is 0 Å². The predicted octanol–water partition coefficient (Wildman–Crippen LogP) is 5.52. The van der Waals surface area contributed by atoms with Crippen LogP contribution in [0.1, 0.15) is 65.5 Å². The maximum atomic E-state index is 3.79. The van der Waals surface area contributed by atoms with Crippen molar-refractivity contribution in [2.75, 3.05) is 18.0 Å². The summed E-state index contributed by atoms with van der Waals surface area (Å²) in [5.41, 5.74) is 2.66. The molecule has 0 heterocycles. The highest BCUT2D eigenvalue weighted by Crippen LogP contribution is 2.31. The lowest BCUT2D eigenvalue weighted by atomic mass is 10.1. The molecule has 0 saturated heterocycles. The number of nitrogens with zero attached hydrogens (tertiary/aromatic N) is 1. The van der Waals surface area contributed by atoms with E-state index in [1.165, 1.54) is 35.0 Å². The summed E-state index contributed by atoms with van der Waals surface area (Å²) >= 11 is 3.79. The van der Waals surface area contributed by atoms with Crippen LogP contribution in [0.15, 0.2) is 22.7 Å². The summed E-state index contributed by atoms with van der Waals surface area (Å²) in [5.74, 6) is 0. The molecular weight excluding hydrogens is 324 g/mol. The van der Waals surface area contributed by atoms with Crippen LogP contribution >= 0.6 is 15.9 Å². The van der Waals surface area contributed by atoms with E-state index in [0.717, 1.165) is 13.1 Å². The first-order chi connectivity index (χ1) is 10.0. The number of hydrogen-bond donors (Lipinski definition) is 1. The Labute approximate surface area is 139 Å². The lowest BCUT2D eigenvalue weighted by Gasteiger charge is -2.32. The third-order valence-electron chi connectivity index (χ3n) is 4.17. The molecule has 0 aliphatic rings. The van der Waals surface area contributed by atoms with Gasteiger partial charge in [0, 0.05) is 23.1 Å². The van der Waals surface area contributed by atoms with Gasteiger partial charge in [-0.1, -0.05) is 33.3 Å². The number of nitrogens with one attached hydrogen (secondary N) is 1. The Hall–Kier alpha value is -0.540. The van der Waals surface area contributed by atoms with Crippen molar-refractivity contribution in [2.45, 2.75) is 66.0 Å². The molecule has 1 aromatic rings. The average Bonchev–Trinajstić information content (AvgIpc) is 2.48. The highest BCUT2D eigenvalue weighted by Gasteiger charge is 2.16. The first-order valence-corrected chi connectivity index (χ1v) is 9.13. The fourth-order valence-corrected chi connectivity index (χ4v) is 3.20. The van der Waals surface area contributed by atoms with Gasteiger partial charge in [-0.05, 0) is 66.9 Å². The number of halogens is 1. The standard InChI is InChI=1S/C18H31BrN2/c1-6-9-12-21(14(4)7-2)18-11-10-16(13-17(18)19)15(5)20-8-3/h10-11,13-15,20H,6-9,12H2,1-5H3. The first-order valence-electron chi connectivity index (χ1n) is 8.34. The van der Waals surface area contributed by atoms with Gasteiger partial charge in [0.05, 0.1) is 5.69 Å². The van der Waals surface area contributed by atoms with E-state index in [4.69, 9.17) is 0 Å². The predicted molar refractivity (Wildman–Crippen MR) is 98.2 cm³/mol. The van der Waals surface area contributed by atoms with Gasteiger partial charge in [-0.2, -0.15) is 0 Å². The maximum absolute atomic E-state index is 3.79. The molecule has 0 spiro atoms. The summed E-state index contributed by atoms with van der Waals surface area (Å²) in [6.45, 7) is 13.3. The molecule has 21 heavy (non-hydrogen) atoms. The minimum absolute atomic E-state index is 0.396. The molecule has 3 heteroatoms. The van der Waals surface area contributed by atoms with Gasteiger partial charge >= 0.3 is 0 Å². The summed E-state index contributed by atoms with van der Waals surface area (Å²) in [7, 11) is 0. The van der Waals surface area contributed by atoms with Gasteiger partial charge in [0.1, 0.15) is 0 Å². The molecule has 0 aromatic heterocycles. The molecule has 0 amide bonds. The van der Waals surface area contributed by atoms with E-state index in [1.54, 1.807) is 0 Å². The fraction of sp³-hybridized carbons (Fsp3) is 0.667. The molecule has 0 aliphatic heterocycles. The van der Waals surface area contributed by atoms with E-state index < -0.39 is 0 Å². The van der Waals surface area contributed by atoms with Crippen molar-refractivity contribution in [3.63, 3.8) is 0 Å². The Bertz CT molecular complexity index is 420. The zero-order chi connectivity index (χ0) is 15.8. The highest BCUT2D eigenvalue weighted by molar-refractivity contribution is 9.10. The third kappa shape index (κ3) is 5.30. The van der Waals surface area contributed by atoms with Gasteiger partial charge in [0.15, 0.2) is 0 Å². The fourth-order valence-electron chi connectivity index (χ4n) is 2.58. The summed E-state index contributed by atoms with van der Waals surface area (Å²) < 4.78 is 1.21. The normalized spacial score (nSPS) is 14.0. The smallest absolute Gasteiger partial charge is 0.0513 e. The molecule has 2 nitrogen and oxygen atoms in total. The average molecular weight is 355 g/mol. The Balaban J connectivity index is 2.98. The minimum atomic E-state index is 0.396. The summed E-state index contributed by atoms with van der Waals surface area (Å²) in [4.78, 5) is 2.54. The van der Waals surface area contributed by atoms with E-state index >= 15 is 0 Å². The van der Waals surface area contributed by atoms with Crippen LogP contribution in [0.25, 0.3) is 0 Å². The molecule has 0 bridgehead atoms. The third-order valence-corrected chi connectivity index (χ3v) is 4.80. The van der Waals surface area contributed by atoms with Gasteiger partial charge in [0.2, 0.25) is 0 Å². The lowest BCUT2D eigenvalue weighted by Crippen LogP contribution is -2.33. The van der Waals surface area contributed by atoms with Gasteiger partial charge in [-0.15, -0.1) is 0 Å². The van der Waals surface area contributed by atoms with Crippen LogP contribution in [-0.2, 0) is 0 Å². The Morgan fingerprint density at radius 1 is 1.19 bits per heavy atom. The molecular formula is C18H31BrN2. The zero-order valence-electron chi connectivity index (χ0n) is 14.2. The highest BCUT2D eigenvalue weighted by atomic mass is 79.9. The first kappa shape index (κ1) is 18.5. The minimum Gasteiger partial charge on any atom is -0.368 e. The van der Waals surface area contributed by atoms with E-state index in [0.29, 0.717) is 12.1 Å². The van der Waals surface area contributed by atoms with Crippen LogP contribution in [0.3, 0.4) is 0 Å². The van der Waals surface area contributed by atoms with E-state index in [9.17, 15) is 0 Å². The Morgan fingerprint density at radius 2 is 1.90 bits per heavy atom. The number of hydrogen-bond acceptors (Lipinski definition) is 2. The molecule has 120 valence electrons. The van der Waals surface area contributed by atoms with Gasteiger partial charge in [-0.25, -0.2) is 0 Å². The second kappa shape index (κ2) is 9.47. The topological polar surface area (TPSA) is 15.3 Å². The maximum Gasteiger partial charge on any atom is 0.0513 e. The molecule has 0 saturated carbocycles. The number of benzene rings is 1. The molecule has 1 rings (SSSR count). The summed E-state index contributed by atoms with van der Waals surface area (Å²) in [6, 6.07) is 7.77. The lowest BCUT2D eigenvalue weighted by molar-refractivity contribution is 0.590. The van der Waals surface area contributed by atoms with Crippen LogP contribution in [0.5, 0.6) is 0 Å². The van der Waals surface area contributed by atoms with Crippen molar-refractivity contribution < 1.29 is 0 Å². The second-order valence-corrected chi connectivity index (χ2v) is 6.65. The number of unbranched alkanes of at least 4 members (excludes halogenated alkanes) is 1. The molecule has 0 aliphatic carbocycles. The Kier molecular flexibility index (Phi) is 8.35. The summed E-state index contributed by atoms with van der Waals surface area (Å²) in [6.07, 6.45) is 3.65. The van der Waals surface area contributed by atoms with E-state index in [2.05, 4.69) is 79.0 Å². The van der Waals surface area contributed by atoms with Gasteiger partial charge in [0.25, 0.3) is 0 Å². The van der Waals surface area contributed by atoms with Crippen LogP contribution in [0, 0.1) is 0 Å². The number of anilines is 1. The number of rotatable bonds is 9. The molecule has 1 N–H and O–H groups in total. The van der Waals surface area contributed by atoms with Crippen LogP contribution in [0.4, 0.5) is 5.69 Å². The SMILES string of the molecule is CCCCN(c1ccc(C(C)NCC)cc1Br)C(C)CC. The monoisotopic (exact) mass is 354 g/mol. The summed E-state index contributed by atoms with van der Waals surface area (Å²) in [5, 5.41) is 3.47. The van der Waals surface area contributed by atoms with Gasteiger partial charge < -0.3 is 10.2 Å². The van der Waals surface area contributed by atoms with Crippen molar-refractivity contribution in [3.8, 4) is 0 Å². The molecule has 2 unspecified atom stereocenters. The van der Waals surface area contributed by atoms with Crippen molar-refractivity contribution in [3.05, 3.63) is 28.2 Å². The largest absolute Gasteiger partial charge is 0.368 e. The van der Waals surface area contributed by atoms with Gasteiger partial charge in [-0.3, -0.25) is 0 Å². The molecule has 1 aromatic carbocycles. The van der Waals surface area contributed by atoms with Crippen molar-refractivity contribution in [1.29, 1.82) is 0 Å². The van der Waals surface area contributed by atoms with E-state index in [1.807, 2.05) is 0 Å². The van der Waals surface area contributed by atoms with Crippen LogP contribution in [-0.4, -0.2) is 19.1 Å². The van der Waals surface area contributed by atoms with Crippen molar-refractivity contribution in [1.82, 2.24) is 5.32 Å². The van der Waals surface area contributed by atoms with Crippen molar-refractivity contribution >= 4 is 21.6 Å². The van der Waals surface area contributed by atoms with Crippen molar-refractivity contribution in [2.24, 2.45) is 0 Å². The second-order valence-electron chi connectivity index (χ2n) is 5.79. The van der Waals surface area contributed by atoms with Crippen LogP contribution < -0.4 is 10.2 Å². The quantitative estimate of drug-likeness (QED) is 0.627. The molecule has 0 radical (unpaired) electrons.